The Bertz CT molecular complexity index is 946. The van der Waals surface area contributed by atoms with Crippen molar-refractivity contribution in [2.45, 2.75) is 63.6 Å². The number of rotatable bonds is 8. The second-order valence-corrected chi connectivity index (χ2v) is 11.8. The summed E-state index contributed by atoms with van der Waals surface area (Å²) in [7, 11) is 0. The topological polar surface area (TPSA) is 82.2 Å². The molecule has 8 nitrogen and oxygen atoms in total. The third kappa shape index (κ3) is 5.73. The van der Waals surface area contributed by atoms with Crippen LogP contribution in [0.15, 0.2) is 24.3 Å². The summed E-state index contributed by atoms with van der Waals surface area (Å²) < 4.78 is 5.70. The zero-order valence-corrected chi connectivity index (χ0v) is 22.9. The zero-order chi connectivity index (χ0) is 26.0. The van der Waals surface area contributed by atoms with Gasteiger partial charge in [0.25, 0.3) is 5.91 Å². The SMILES string of the molecule is CS[C@H]1CN(C(=O)[C@H](CC(C)C)NC(=O)c2ccc(N3CCN(C(C)C)CC3)cc2)[C@@H]2C(=O)CO[C@H]12. The van der Waals surface area contributed by atoms with Gasteiger partial charge in [0.05, 0.1) is 11.4 Å². The van der Waals surface area contributed by atoms with Crippen molar-refractivity contribution in [2.75, 3.05) is 50.5 Å². The molecule has 9 heteroatoms. The van der Waals surface area contributed by atoms with Crippen LogP contribution < -0.4 is 10.2 Å². The number of piperazine rings is 1. The van der Waals surface area contributed by atoms with Gasteiger partial charge in [-0.1, -0.05) is 13.8 Å². The van der Waals surface area contributed by atoms with Gasteiger partial charge in [-0.15, -0.1) is 0 Å². The second kappa shape index (κ2) is 11.5. The number of hydrogen-bond acceptors (Lipinski definition) is 7. The molecule has 0 bridgehead atoms. The van der Waals surface area contributed by atoms with Gasteiger partial charge in [-0.2, -0.15) is 11.8 Å². The van der Waals surface area contributed by atoms with E-state index in [1.54, 1.807) is 16.7 Å². The van der Waals surface area contributed by atoms with E-state index in [9.17, 15) is 14.4 Å². The van der Waals surface area contributed by atoms with E-state index in [0.29, 0.717) is 24.6 Å². The molecule has 0 aromatic heterocycles. The van der Waals surface area contributed by atoms with E-state index in [4.69, 9.17) is 4.74 Å². The van der Waals surface area contributed by atoms with Crippen molar-refractivity contribution in [2.24, 2.45) is 5.92 Å². The van der Waals surface area contributed by atoms with Gasteiger partial charge in [0.1, 0.15) is 18.7 Å². The number of carbonyl (C=O) groups excluding carboxylic acids is 3. The highest BCUT2D eigenvalue weighted by molar-refractivity contribution is 7.99. The molecule has 3 fully saturated rings. The van der Waals surface area contributed by atoms with E-state index in [2.05, 4.69) is 29.0 Å². The maximum absolute atomic E-state index is 13.6. The molecule has 198 valence electrons. The van der Waals surface area contributed by atoms with E-state index >= 15 is 0 Å². The highest BCUT2D eigenvalue weighted by Crippen LogP contribution is 2.34. The Morgan fingerprint density at radius 1 is 1.08 bits per heavy atom. The third-order valence-electron chi connectivity index (χ3n) is 7.57. The monoisotopic (exact) mass is 516 g/mol. The van der Waals surface area contributed by atoms with Crippen LogP contribution in [0, 0.1) is 5.92 Å². The van der Waals surface area contributed by atoms with Crippen LogP contribution >= 0.6 is 11.8 Å². The van der Waals surface area contributed by atoms with Gasteiger partial charge >= 0.3 is 0 Å². The molecule has 36 heavy (non-hydrogen) atoms. The van der Waals surface area contributed by atoms with Crippen molar-refractivity contribution in [3.8, 4) is 0 Å². The summed E-state index contributed by atoms with van der Waals surface area (Å²) in [6.45, 7) is 13.0. The Hall–Kier alpha value is -2.10. The van der Waals surface area contributed by atoms with Gasteiger partial charge < -0.3 is 19.9 Å². The van der Waals surface area contributed by atoms with Crippen molar-refractivity contribution in [3.63, 3.8) is 0 Å². The average molecular weight is 517 g/mol. The van der Waals surface area contributed by atoms with Gasteiger partial charge in [0.15, 0.2) is 5.78 Å². The molecule has 0 spiro atoms. The number of ketones is 1. The minimum atomic E-state index is -0.684. The highest BCUT2D eigenvalue weighted by atomic mass is 32.2. The first-order valence-corrected chi connectivity index (χ1v) is 14.4. The molecule has 1 aromatic rings. The Kier molecular flexibility index (Phi) is 8.63. The Morgan fingerprint density at radius 3 is 2.33 bits per heavy atom. The minimum absolute atomic E-state index is 0.0515. The number of carbonyl (C=O) groups is 3. The molecule has 0 radical (unpaired) electrons. The van der Waals surface area contributed by atoms with Crippen molar-refractivity contribution in [3.05, 3.63) is 29.8 Å². The molecule has 0 unspecified atom stereocenters. The number of likely N-dealkylation sites (tertiary alicyclic amines) is 1. The maximum atomic E-state index is 13.6. The average Bonchev–Trinajstić information content (AvgIpc) is 3.43. The molecule has 0 aliphatic carbocycles. The van der Waals surface area contributed by atoms with E-state index in [-0.39, 0.29) is 41.5 Å². The molecule has 0 saturated carbocycles. The standard InChI is InChI=1S/C27H40N4O4S/c1-17(2)14-21(27(34)31-15-23(36-5)25-24(31)22(32)16-35-25)28-26(33)19-6-8-20(9-7-19)30-12-10-29(11-13-30)18(3)4/h6-9,17-18,21,23-25H,10-16H2,1-5H3,(H,28,33)/t21-,23-,24+,25+/m0/s1. The fraction of sp³-hybridized carbons (Fsp3) is 0.667. The fourth-order valence-corrected chi connectivity index (χ4v) is 6.31. The highest BCUT2D eigenvalue weighted by Gasteiger charge is 2.52. The quantitative estimate of drug-likeness (QED) is 0.568. The van der Waals surface area contributed by atoms with Crippen molar-refractivity contribution >= 4 is 35.0 Å². The summed E-state index contributed by atoms with van der Waals surface area (Å²) in [6, 6.07) is 6.97. The van der Waals surface area contributed by atoms with Crippen molar-refractivity contribution < 1.29 is 19.1 Å². The van der Waals surface area contributed by atoms with Crippen LogP contribution in [-0.4, -0.2) is 102 Å². The number of benzene rings is 1. The molecular weight excluding hydrogens is 476 g/mol. The summed E-state index contributed by atoms with van der Waals surface area (Å²) in [4.78, 5) is 45.8. The molecule has 4 rings (SSSR count). The molecule has 3 aliphatic heterocycles. The predicted molar refractivity (Wildman–Crippen MR) is 144 cm³/mol. The summed E-state index contributed by atoms with van der Waals surface area (Å²) in [5, 5.41) is 3.04. The lowest BCUT2D eigenvalue weighted by Gasteiger charge is -2.38. The van der Waals surface area contributed by atoms with Crippen molar-refractivity contribution in [1.82, 2.24) is 15.1 Å². The van der Waals surface area contributed by atoms with E-state index < -0.39 is 12.1 Å². The number of hydrogen-bond donors (Lipinski definition) is 1. The lowest BCUT2D eigenvalue weighted by Crippen LogP contribution is -2.52. The van der Waals surface area contributed by atoms with E-state index in [0.717, 1.165) is 31.9 Å². The first-order valence-electron chi connectivity index (χ1n) is 13.1. The summed E-state index contributed by atoms with van der Waals surface area (Å²) in [5.41, 5.74) is 1.64. The van der Waals surface area contributed by atoms with Crippen molar-refractivity contribution in [1.29, 1.82) is 0 Å². The fourth-order valence-electron chi connectivity index (χ4n) is 5.50. The summed E-state index contributed by atoms with van der Waals surface area (Å²) >= 11 is 1.62. The Balaban J connectivity index is 1.42. The van der Waals surface area contributed by atoms with Crippen LogP contribution in [0.4, 0.5) is 5.69 Å². The van der Waals surface area contributed by atoms with Crippen LogP contribution in [0.5, 0.6) is 0 Å². The van der Waals surface area contributed by atoms with Gasteiger partial charge in [0, 0.05) is 50.0 Å². The molecule has 2 amide bonds. The normalized spacial score (nSPS) is 25.5. The van der Waals surface area contributed by atoms with Crippen LogP contribution in [0.1, 0.15) is 44.5 Å². The summed E-state index contributed by atoms with van der Waals surface area (Å²) in [5.74, 6) is -0.306. The molecule has 1 N–H and O–H groups in total. The molecular formula is C27H40N4O4S. The number of ether oxygens (including phenoxy) is 1. The Labute approximate surface area is 219 Å². The zero-order valence-electron chi connectivity index (χ0n) is 22.1. The van der Waals surface area contributed by atoms with Crippen LogP contribution in [-0.2, 0) is 14.3 Å². The first kappa shape index (κ1) is 26.9. The van der Waals surface area contributed by atoms with E-state index in [1.807, 2.05) is 44.4 Å². The van der Waals surface area contributed by atoms with Gasteiger partial charge in [-0.25, -0.2) is 0 Å². The molecule has 1 aromatic carbocycles. The third-order valence-corrected chi connectivity index (χ3v) is 8.60. The lowest BCUT2D eigenvalue weighted by atomic mass is 10.0. The Morgan fingerprint density at radius 2 is 1.75 bits per heavy atom. The first-order chi connectivity index (χ1) is 17.2. The summed E-state index contributed by atoms with van der Waals surface area (Å²) in [6.07, 6.45) is 2.22. The van der Waals surface area contributed by atoms with Gasteiger partial charge in [-0.3, -0.25) is 19.3 Å². The number of anilines is 1. The number of nitrogens with one attached hydrogen (secondary N) is 1. The molecule has 4 atom stereocenters. The number of thioether (sulfide) groups is 1. The minimum Gasteiger partial charge on any atom is -0.369 e. The van der Waals surface area contributed by atoms with Crippen LogP contribution in [0.3, 0.4) is 0 Å². The molecule has 3 saturated heterocycles. The number of nitrogens with zero attached hydrogens (tertiary/aromatic N) is 3. The van der Waals surface area contributed by atoms with Crippen LogP contribution in [0.2, 0.25) is 0 Å². The predicted octanol–water partition coefficient (Wildman–Crippen LogP) is 2.27. The van der Waals surface area contributed by atoms with Crippen LogP contribution in [0.25, 0.3) is 0 Å². The van der Waals surface area contributed by atoms with Gasteiger partial charge in [0.2, 0.25) is 5.91 Å². The largest absolute Gasteiger partial charge is 0.369 e. The maximum Gasteiger partial charge on any atom is 0.251 e. The smallest absolute Gasteiger partial charge is 0.251 e. The lowest BCUT2D eigenvalue weighted by molar-refractivity contribution is -0.138. The van der Waals surface area contributed by atoms with E-state index in [1.165, 1.54) is 0 Å². The number of Topliss-reactive ketones (excluding diaryl/α,β-unsaturated/α-hetero) is 1. The second-order valence-electron chi connectivity index (χ2n) is 10.8. The van der Waals surface area contributed by atoms with Gasteiger partial charge in [-0.05, 0) is 56.7 Å². The number of amides is 2. The molecule has 3 heterocycles. The molecule has 3 aliphatic rings. The number of fused-ring (bicyclic) bond motifs is 1.